The van der Waals surface area contributed by atoms with Crippen molar-refractivity contribution in [3.63, 3.8) is 0 Å². The third kappa shape index (κ3) is 4.65. The molecule has 2 aromatic carbocycles. The largest absolute Gasteiger partial charge is 0.493 e. The third-order valence-corrected chi connectivity index (χ3v) is 4.19. The molecule has 5 nitrogen and oxygen atoms in total. The highest BCUT2D eigenvalue weighted by Gasteiger charge is 2.16. The second kappa shape index (κ2) is 8.75. The summed E-state index contributed by atoms with van der Waals surface area (Å²) in [6, 6.07) is 9.94. The molecular formula is C18H16BrClN2O3. The smallest absolute Gasteiger partial charge is 0.255 e. The average Bonchev–Trinajstić information content (AvgIpc) is 2.60. The van der Waals surface area contributed by atoms with E-state index in [9.17, 15) is 4.79 Å². The predicted octanol–water partition coefficient (Wildman–Crippen LogP) is 5.02. The van der Waals surface area contributed by atoms with Gasteiger partial charge < -0.3 is 14.8 Å². The molecule has 0 radical (unpaired) electrons. The van der Waals surface area contributed by atoms with E-state index in [1.807, 2.05) is 13.0 Å². The monoisotopic (exact) mass is 422 g/mol. The number of halogens is 2. The van der Waals surface area contributed by atoms with Crippen molar-refractivity contribution in [1.29, 1.82) is 5.26 Å². The van der Waals surface area contributed by atoms with E-state index in [0.29, 0.717) is 39.4 Å². The van der Waals surface area contributed by atoms with Crippen LogP contribution in [0.3, 0.4) is 0 Å². The van der Waals surface area contributed by atoms with E-state index in [0.717, 1.165) is 6.42 Å². The summed E-state index contributed by atoms with van der Waals surface area (Å²) in [5.41, 5.74) is 1.24. The maximum atomic E-state index is 12.5. The summed E-state index contributed by atoms with van der Waals surface area (Å²) in [6.07, 6.45) is 0.858. The van der Waals surface area contributed by atoms with Crippen LogP contribution in [0, 0.1) is 11.3 Å². The zero-order valence-corrected chi connectivity index (χ0v) is 16.1. The maximum Gasteiger partial charge on any atom is 0.255 e. The van der Waals surface area contributed by atoms with E-state index < -0.39 is 0 Å². The van der Waals surface area contributed by atoms with Crippen molar-refractivity contribution in [2.45, 2.75) is 13.3 Å². The molecule has 0 aliphatic heterocycles. The number of rotatable bonds is 6. The lowest BCUT2D eigenvalue weighted by Gasteiger charge is -2.14. The number of ether oxygens (including phenoxy) is 2. The molecule has 2 aromatic rings. The van der Waals surface area contributed by atoms with Crippen molar-refractivity contribution >= 4 is 39.1 Å². The number of carbonyl (C=O) groups is 1. The highest BCUT2D eigenvalue weighted by atomic mass is 79.9. The molecule has 0 saturated carbocycles. The van der Waals surface area contributed by atoms with Crippen LogP contribution < -0.4 is 14.8 Å². The minimum Gasteiger partial charge on any atom is -0.493 e. The number of hydrogen-bond donors (Lipinski definition) is 1. The lowest BCUT2D eigenvalue weighted by Crippen LogP contribution is -2.12. The summed E-state index contributed by atoms with van der Waals surface area (Å²) in [4.78, 5) is 12.5. The number of hydrogen-bond acceptors (Lipinski definition) is 4. The number of methoxy groups -OCH3 is 1. The van der Waals surface area contributed by atoms with Gasteiger partial charge in [0.05, 0.1) is 28.8 Å². The molecule has 0 spiro atoms. The molecule has 0 aliphatic carbocycles. The van der Waals surface area contributed by atoms with E-state index in [1.165, 1.54) is 13.2 Å². The normalized spacial score (nSPS) is 10.0. The van der Waals surface area contributed by atoms with Crippen LogP contribution in [0.5, 0.6) is 11.5 Å². The molecule has 0 aromatic heterocycles. The van der Waals surface area contributed by atoms with Gasteiger partial charge in [-0.25, -0.2) is 0 Å². The lowest BCUT2D eigenvalue weighted by molar-refractivity contribution is 0.102. The first-order chi connectivity index (χ1) is 12.0. The maximum absolute atomic E-state index is 12.5. The first kappa shape index (κ1) is 19.1. The molecule has 2 rings (SSSR count). The number of anilines is 1. The van der Waals surface area contributed by atoms with Gasteiger partial charge in [0.2, 0.25) is 0 Å². The fraction of sp³-hybridized carbons (Fsp3) is 0.222. The highest BCUT2D eigenvalue weighted by molar-refractivity contribution is 9.10. The molecule has 7 heteroatoms. The van der Waals surface area contributed by atoms with E-state index in [-0.39, 0.29) is 10.9 Å². The van der Waals surface area contributed by atoms with E-state index in [4.69, 9.17) is 26.3 Å². The zero-order valence-electron chi connectivity index (χ0n) is 13.7. The number of nitrogens with zero attached hydrogens (tertiary/aromatic N) is 1. The summed E-state index contributed by atoms with van der Waals surface area (Å²) >= 11 is 9.39. The average molecular weight is 424 g/mol. The standard InChI is InChI=1S/C18H16BrClN2O3/c1-3-6-25-17-14(19)7-12(8-16(17)24-2)18(23)22-13-5-4-11(10-21)15(20)9-13/h4-5,7-9H,3,6H2,1-2H3,(H,22,23). The second-order valence-corrected chi connectivity index (χ2v) is 6.36. The van der Waals surface area contributed by atoms with Gasteiger partial charge in [-0.15, -0.1) is 0 Å². The van der Waals surface area contributed by atoms with Crippen LogP contribution >= 0.6 is 27.5 Å². The van der Waals surface area contributed by atoms with Crippen LogP contribution in [0.1, 0.15) is 29.3 Å². The van der Waals surface area contributed by atoms with Gasteiger partial charge in [0.1, 0.15) is 6.07 Å². The topological polar surface area (TPSA) is 71.3 Å². The third-order valence-electron chi connectivity index (χ3n) is 3.29. The first-order valence-corrected chi connectivity index (χ1v) is 8.68. The van der Waals surface area contributed by atoms with Crippen LogP contribution in [-0.4, -0.2) is 19.6 Å². The minimum absolute atomic E-state index is 0.280. The molecule has 0 bridgehead atoms. The summed E-state index contributed by atoms with van der Waals surface area (Å²) in [7, 11) is 1.52. The van der Waals surface area contributed by atoms with Crippen molar-refractivity contribution in [2.24, 2.45) is 0 Å². The Bertz CT molecular complexity index is 834. The lowest BCUT2D eigenvalue weighted by atomic mass is 10.1. The Morgan fingerprint density at radius 3 is 2.72 bits per heavy atom. The molecular weight excluding hydrogens is 408 g/mol. The number of nitriles is 1. The first-order valence-electron chi connectivity index (χ1n) is 7.51. The van der Waals surface area contributed by atoms with E-state index in [1.54, 1.807) is 24.3 Å². The van der Waals surface area contributed by atoms with Gasteiger partial charge in [-0.1, -0.05) is 18.5 Å². The Morgan fingerprint density at radius 1 is 1.36 bits per heavy atom. The van der Waals surface area contributed by atoms with Crippen molar-refractivity contribution in [1.82, 2.24) is 0 Å². The van der Waals surface area contributed by atoms with Crippen molar-refractivity contribution in [2.75, 3.05) is 19.0 Å². The van der Waals surface area contributed by atoms with Crippen molar-refractivity contribution in [3.05, 3.63) is 51.0 Å². The van der Waals surface area contributed by atoms with Crippen LogP contribution in [0.25, 0.3) is 0 Å². The summed E-state index contributed by atoms with van der Waals surface area (Å²) in [5, 5.41) is 11.9. The fourth-order valence-electron chi connectivity index (χ4n) is 2.08. The van der Waals surface area contributed by atoms with Gasteiger partial charge >= 0.3 is 0 Å². The van der Waals surface area contributed by atoms with E-state index >= 15 is 0 Å². The molecule has 130 valence electrons. The Hall–Kier alpha value is -2.23. The number of benzene rings is 2. The van der Waals surface area contributed by atoms with Crippen LogP contribution in [0.2, 0.25) is 5.02 Å². The molecule has 0 fully saturated rings. The van der Waals surface area contributed by atoms with Crippen LogP contribution in [0.4, 0.5) is 5.69 Å². The molecule has 0 atom stereocenters. The van der Waals surface area contributed by atoms with E-state index in [2.05, 4.69) is 21.2 Å². The van der Waals surface area contributed by atoms with Gasteiger partial charge in [-0.2, -0.15) is 5.26 Å². The summed E-state index contributed by atoms with van der Waals surface area (Å²) in [5.74, 6) is 0.690. The fourth-order valence-corrected chi connectivity index (χ4v) is 2.86. The van der Waals surface area contributed by atoms with Gasteiger partial charge in [0, 0.05) is 11.3 Å². The Kier molecular flexibility index (Phi) is 6.68. The predicted molar refractivity (Wildman–Crippen MR) is 101 cm³/mol. The summed E-state index contributed by atoms with van der Waals surface area (Å²) in [6.45, 7) is 2.55. The number of amides is 1. The second-order valence-electron chi connectivity index (χ2n) is 5.10. The molecule has 25 heavy (non-hydrogen) atoms. The van der Waals surface area contributed by atoms with Crippen molar-refractivity contribution < 1.29 is 14.3 Å². The van der Waals surface area contributed by atoms with Gasteiger partial charge in [0.15, 0.2) is 11.5 Å². The minimum atomic E-state index is -0.332. The Labute approximate surface area is 159 Å². The van der Waals surface area contributed by atoms with Gasteiger partial charge in [-0.3, -0.25) is 4.79 Å². The Morgan fingerprint density at radius 2 is 2.12 bits per heavy atom. The molecule has 1 N–H and O–H groups in total. The van der Waals surface area contributed by atoms with Crippen LogP contribution in [-0.2, 0) is 0 Å². The summed E-state index contributed by atoms with van der Waals surface area (Å²) < 4.78 is 11.6. The van der Waals surface area contributed by atoms with Gasteiger partial charge in [0.25, 0.3) is 5.91 Å². The zero-order chi connectivity index (χ0) is 18.4. The molecule has 1 amide bonds. The highest BCUT2D eigenvalue weighted by Crippen LogP contribution is 2.37. The Balaban J connectivity index is 2.26. The SMILES string of the molecule is CCCOc1c(Br)cc(C(=O)Nc2ccc(C#N)c(Cl)c2)cc1OC. The number of carbonyl (C=O) groups excluding carboxylic acids is 1. The number of nitrogens with one attached hydrogen (secondary N) is 1. The molecule has 0 saturated heterocycles. The van der Waals surface area contributed by atoms with Crippen LogP contribution in [0.15, 0.2) is 34.8 Å². The molecule has 0 aliphatic rings. The quantitative estimate of drug-likeness (QED) is 0.708. The van der Waals surface area contributed by atoms with Crippen molar-refractivity contribution in [3.8, 4) is 17.6 Å². The molecule has 0 unspecified atom stereocenters. The van der Waals surface area contributed by atoms with Gasteiger partial charge in [-0.05, 0) is 52.7 Å². The molecule has 0 heterocycles.